The van der Waals surface area contributed by atoms with Crippen LogP contribution in [0.4, 0.5) is 4.79 Å². The van der Waals surface area contributed by atoms with Crippen molar-refractivity contribution in [1.82, 2.24) is 10.6 Å². The molecule has 2 N–H and O–H groups in total. The maximum Gasteiger partial charge on any atom is 0.338 e. The highest BCUT2D eigenvalue weighted by atomic mass is 35.5. The quantitative estimate of drug-likeness (QED) is 0.817. The number of urea groups is 1. The van der Waals surface area contributed by atoms with E-state index in [-0.39, 0.29) is 5.56 Å². The lowest BCUT2D eigenvalue weighted by molar-refractivity contribution is -0.123. The summed E-state index contributed by atoms with van der Waals surface area (Å²) in [5.41, 5.74) is 0.235. The van der Waals surface area contributed by atoms with E-state index in [0.29, 0.717) is 11.6 Å². The fourth-order valence-corrected chi connectivity index (χ4v) is 1.39. The van der Waals surface area contributed by atoms with Gasteiger partial charge in [-0.3, -0.25) is 10.1 Å². The number of carbonyl (C=O) groups excluding carboxylic acids is 3. The van der Waals surface area contributed by atoms with Gasteiger partial charge in [0.05, 0.1) is 5.56 Å². The van der Waals surface area contributed by atoms with Crippen LogP contribution in [-0.2, 0) is 9.53 Å². The molecule has 0 unspecified atom stereocenters. The monoisotopic (exact) mass is 284 g/mol. The van der Waals surface area contributed by atoms with Gasteiger partial charge in [0.1, 0.15) is 0 Å². The van der Waals surface area contributed by atoms with Gasteiger partial charge in [0, 0.05) is 11.6 Å². The molecule has 0 aliphatic rings. The number of esters is 1. The number of halogens is 1. The highest BCUT2D eigenvalue weighted by Gasteiger charge is 2.12. The summed E-state index contributed by atoms with van der Waals surface area (Å²) in [6.45, 7) is 1.56. The van der Waals surface area contributed by atoms with Crippen molar-refractivity contribution in [2.75, 3.05) is 13.2 Å². The van der Waals surface area contributed by atoms with Crippen molar-refractivity contribution in [1.29, 1.82) is 0 Å². The van der Waals surface area contributed by atoms with Crippen LogP contribution < -0.4 is 10.6 Å². The topological polar surface area (TPSA) is 84.5 Å². The van der Waals surface area contributed by atoms with Gasteiger partial charge in [-0.1, -0.05) is 17.7 Å². The number of benzene rings is 1. The number of imide groups is 1. The molecule has 0 aliphatic heterocycles. The fraction of sp³-hybridized carbons (Fsp3) is 0.250. The molecule has 1 aromatic rings. The zero-order valence-corrected chi connectivity index (χ0v) is 11.0. The molecule has 0 saturated carbocycles. The van der Waals surface area contributed by atoms with Crippen molar-refractivity contribution in [2.45, 2.75) is 6.92 Å². The Morgan fingerprint density at radius 3 is 2.68 bits per heavy atom. The lowest BCUT2D eigenvalue weighted by Gasteiger charge is -2.06. The van der Waals surface area contributed by atoms with Gasteiger partial charge in [-0.25, -0.2) is 9.59 Å². The van der Waals surface area contributed by atoms with Gasteiger partial charge >= 0.3 is 12.0 Å². The molecule has 0 heterocycles. The van der Waals surface area contributed by atoms with E-state index in [1.54, 1.807) is 19.1 Å². The van der Waals surface area contributed by atoms with E-state index in [9.17, 15) is 14.4 Å². The smallest absolute Gasteiger partial charge is 0.338 e. The molecule has 0 fully saturated rings. The van der Waals surface area contributed by atoms with Crippen LogP contribution in [0.15, 0.2) is 24.3 Å². The molecule has 0 aliphatic carbocycles. The minimum Gasteiger partial charge on any atom is -0.452 e. The van der Waals surface area contributed by atoms with Crippen LogP contribution in [0, 0.1) is 0 Å². The lowest BCUT2D eigenvalue weighted by atomic mass is 10.2. The third kappa shape index (κ3) is 5.39. The first-order valence-corrected chi connectivity index (χ1v) is 5.91. The number of hydrogen-bond acceptors (Lipinski definition) is 4. The molecule has 102 valence electrons. The zero-order valence-electron chi connectivity index (χ0n) is 10.2. The molecule has 6 nitrogen and oxygen atoms in total. The molecule has 0 spiro atoms. The second-order valence-corrected chi connectivity index (χ2v) is 3.93. The lowest BCUT2D eigenvalue weighted by Crippen LogP contribution is -2.41. The predicted octanol–water partition coefficient (Wildman–Crippen LogP) is 1.34. The predicted molar refractivity (Wildman–Crippen MR) is 68.9 cm³/mol. The Kier molecular flexibility index (Phi) is 5.81. The molecule has 0 aromatic heterocycles. The van der Waals surface area contributed by atoms with E-state index in [2.05, 4.69) is 5.32 Å². The zero-order chi connectivity index (χ0) is 14.3. The van der Waals surface area contributed by atoms with Crippen LogP contribution in [0.3, 0.4) is 0 Å². The van der Waals surface area contributed by atoms with Gasteiger partial charge in [-0.05, 0) is 25.1 Å². The summed E-state index contributed by atoms with van der Waals surface area (Å²) in [5.74, 6) is -1.39. The highest BCUT2D eigenvalue weighted by molar-refractivity contribution is 6.30. The Labute approximate surface area is 115 Å². The Hall–Kier alpha value is -2.08. The average Bonchev–Trinajstić information content (AvgIpc) is 2.36. The van der Waals surface area contributed by atoms with Gasteiger partial charge in [0.2, 0.25) is 0 Å². The molecule has 0 saturated heterocycles. The van der Waals surface area contributed by atoms with E-state index in [1.807, 2.05) is 5.32 Å². The molecule has 19 heavy (non-hydrogen) atoms. The van der Waals surface area contributed by atoms with Crippen molar-refractivity contribution < 1.29 is 19.1 Å². The Balaban J connectivity index is 2.42. The molecule has 0 radical (unpaired) electrons. The number of hydrogen-bond donors (Lipinski definition) is 2. The maximum absolute atomic E-state index is 11.6. The van der Waals surface area contributed by atoms with Crippen LogP contribution in [0.25, 0.3) is 0 Å². The van der Waals surface area contributed by atoms with Gasteiger partial charge in [0.25, 0.3) is 5.91 Å². The van der Waals surface area contributed by atoms with Crippen LogP contribution in [0.1, 0.15) is 17.3 Å². The summed E-state index contributed by atoms with van der Waals surface area (Å²) in [6, 6.07) is 5.50. The summed E-state index contributed by atoms with van der Waals surface area (Å²) in [5, 5.41) is 4.77. The van der Waals surface area contributed by atoms with Crippen molar-refractivity contribution in [3.05, 3.63) is 34.9 Å². The highest BCUT2D eigenvalue weighted by Crippen LogP contribution is 2.11. The number of carbonyl (C=O) groups is 3. The first kappa shape index (κ1) is 15.0. The van der Waals surface area contributed by atoms with E-state index in [0.717, 1.165) is 0 Å². The third-order valence-corrected chi connectivity index (χ3v) is 2.22. The molecule has 1 aromatic carbocycles. The summed E-state index contributed by atoms with van der Waals surface area (Å²) in [7, 11) is 0. The van der Waals surface area contributed by atoms with Crippen molar-refractivity contribution in [3.63, 3.8) is 0 Å². The van der Waals surface area contributed by atoms with Crippen LogP contribution in [0.2, 0.25) is 5.02 Å². The summed E-state index contributed by atoms with van der Waals surface area (Å²) < 4.78 is 4.73. The van der Waals surface area contributed by atoms with Gasteiger partial charge < -0.3 is 10.1 Å². The van der Waals surface area contributed by atoms with E-state index in [1.165, 1.54) is 12.1 Å². The standard InChI is InChI=1S/C12H13ClN2O4/c1-2-14-12(18)15-10(16)7-19-11(17)8-4-3-5-9(13)6-8/h3-6H,2,7H2,1H3,(H2,14,15,16,18). The van der Waals surface area contributed by atoms with Crippen LogP contribution in [-0.4, -0.2) is 31.1 Å². The SMILES string of the molecule is CCNC(=O)NC(=O)COC(=O)c1cccc(Cl)c1. The third-order valence-electron chi connectivity index (χ3n) is 1.98. The average molecular weight is 285 g/mol. The number of amides is 3. The molecule has 0 bridgehead atoms. The number of nitrogens with one attached hydrogen (secondary N) is 2. The Bertz CT molecular complexity index is 490. The Morgan fingerprint density at radius 1 is 1.32 bits per heavy atom. The first-order valence-electron chi connectivity index (χ1n) is 5.53. The Morgan fingerprint density at radius 2 is 2.05 bits per heavy atom. The number of ether oxygens (including phenoxy) is 1. The van der Waals surface area contributed by atoms with Crippen LogP contribution in [0.5, 0.6) is 0 Å². The second kappa shape index (κ2) is 7.38. The minimum atomic E-state index is -0.707. The summed E-state index contributed by atoms with van der Waals surface area (Å²) in [6.07, 6.45) is 0. The molecule has 0 atom stereocenters. The molecule has 7 heteroatoms. The first-order chi connectivity index (χ1) is 9.02. The minimum absolute atomic E-state index is 0.235. The van der Waals surface area contributed by atoms with Gasteiger partial charge in [-0.2, -0.15) is 0 Å². The molecular weight excluding hydrogens is 272 g/mol. The van der Waals surface area contributed by atoms with Crippen molar-refractivity contribution in [3.8, 4) is 0 Å². The normalized spacial score (nSPS) is 9.58. The van der Waals surface area contributed by atoms with Gasteiger partial charge in [0.15, 0.2) is 6.61 Å². The van der Waals surface area contributed by atoms with Crippen molar-refractivity contribution in [2.24, 2.45) is 0 Å². The fourth-order valence-electron chi connectivity index (χ4n) is 1.20. The van der Waals surface area contributed by atoms with Crippen LogP contribution >= 0.6 is 11.6 Å². The largest absolute Gasteiger partial charge is 0.452 e. The summed E-state index contributed by atoms with van der Waals surface area (Å²) >= 11 is 5.72. The van der Waals surface area contributed by atoms with E-state index < -0.39 is 24.5 Å². The van der Waals surface area contributed by atoms with Crippen molar-refractivity contribution >= 4 is 29.5 Å². The number of rotatable bonds is 4. The summed E-state index contributed by atoms with van der Waals surface area (Å²) in [4.78, 5) is 33.8. The maximum atomic E-state index is 11.6. The van der Waals surface area contributed by atoms with Gasteiger partial charge in [-0.15, -0.1) is 0 Å². The van der Waals surface area contributed by atoms with E-state index >= 15 is 0 Å². The molecular formula is C12H13ClN2O4. The molecule has 3 amide bonds. The molecule has 1 rings (SSSR count). The second-order valence-electron chi connectivity index (χ2n) is 3.49. The van der Waals surface area contributed by atoms with E-state index in [4.69, 9.17) is 16.3 Å².